The Labute approximate surface area is 102 Å². The van der Waals surface area contributed by atoms with Crippen molar-refractivity contribution in [1.29, 1.82) is 0 Å². The van der Waals surface area contributed by atoms with E-state index in [2.05, 4.69) is 9.97 Å². The molecule has 0 bridgehead atoms. The lowest BCUT2D eigenvalue weighted by molar-refractivity contribution is 0.285. The van der Waals surface area contributed by atoms with Gasteiger partial charge in [0.15, 0.2) is 11.6 Å². The third-order valence-corrected chi connectivity index (χ3v) is 2.31. The summed E-state index contributed by atoms with van der Waals surface area (Å²) in [5.41, 5.74) is 5.93. The van der Waals surface area contributed by atoms with E-state index < -0.39 is 5.82 Å². The number of nitrogens with zero attached hydrogens (tertiary/aromatic N) is 2. The van der Waals surface area contributed by atoms with Crippen LogP contribution in [0, 0.1) is 5.82 Å². The first-order valence-electron chi connectivity index (χ1n) is 4.80. The highest BCUT2D eigenvalue weighted by Crippen LogP contribution is 2.27. The first-order chi connectivity index (χ1) is 8.16. The maximum absolute atomic E-state index is 13.4. The molecule has 17 heavy (non-hydrogen) atoms. The number of hydrogen-bond donors (Lipinski definition) is 1. The van der Waals surface area contributed by atoms with E-state index in [1.807, 2.05) is 0 Å². The molecule has 88 valence electrons. The molecule has 0 radical (unpaired) electrons. The fraction of sp³-hybridized carbons (Fsp3) is 0.0909. The van der Waals surface area contributed by atoms with E-state index in [1.54, 1.807) is 6.07 Å². The van der Waals surface area contributed by atoms with Crippen molar-refractivity contribution in [2.75, 3.05) is 5.73 Å². The summed E-state index contributed by atoms with van der Waals surface area (Å²) in [6.45, 7) is 0.0773. The van der Waals surface area contributed by atoms with Gasteiger partial charge < -0.3 is 10.5 Å². The summed E-state index contributed by atoms with van der Waals surface area (Å²) in [5.74, 6) is -0.189. The molecular formula is C11H9ClFN3O. The largest absolute Gasteiger partial charge is 0.483 e. The maximum Gasteiger partial charge on any atom is 0.174 e. The Morgan fingerprint density at radius 1 is 1.29 bits per heavy atom. The zero-order valence-electron chi connectivity index (χ0n) is 8.73. The Balaban J connectivity index is 2.10. The molecule has 0 aliphatic carbocycles. The highest BCUT2D eigenvalue weighted by Gasteiger charge is 2.08. The quantitative estimate of drug-likeness (QED) is 0.913. The fourth-order valence-electron chi connectivity index (χ4n) is 1.21. The van der Waals surface area contributed by atoms with Crippen LogP contribution in [0.2, 0.25) is 5.02 Å². The minimum Gasteiger partial charge on any atom is -0.483 e. The van der Waals surface area contributed by atoms with Gasteiger partial charge in [-0.1, -0.05) is 17.7 Å². The second kappa shape index (κ2) is 4.97. The topological polar surface area (TPSA) is 61.0 Å². The molecule has 0 unspecified atom stereocenters. The number of rotatable bonds is 3. The van der Waals surface area contributed by atoms with Gasteiger partial charge in [-0.05, 0) is 12.1 Å². The molecule has 0 saturated carbocycles. The van der Waals surface area contributed by atoms with Gasteiger partial charge >= 0.3 is 0 Å². The summed E-state index contributed by atoms with van der Waals surface area (Å²) in [7, 11) is 0. The Kier molecular flexibility index (Phi) is 3.39. The number of aromatic nitrogens is 2. The fourth-order valence-corrected chi connectivity index (χ4v) is 1.42. The maximum atomic E-state index is 13.4. The molecule has 0 amide bonds. The summed E-state index contributed by atoms with van der Waals surface area (Å²) < 4.78 is 18.6. The monoisotopic (exact) mass is 253 g/mol. The van der Waals surface area contributed by atoms with Crippen LogP contribution in [-0.4, -0.2) is 9.97 Å². The van der Waals surface area contributed by atoms with E-state index in [9.17, 15) is 4.39 Å². The van der Waals surface area contributed by atoms with Crippen molar-refractivity contribution >= 4 is 17.4 Å². The van der Waals surface area contributed by atoms with Crippen molar-refractivity contribution in [1.82, 2.24) is 9.97 Å². The SMILES string of the molecule is Nc1cnc(COc2c(F)cccc2Cl)cn1. The smallest absolute Gasteiger partial charge is 0.174 e. The van der Waals surface area contributed by atoms with Gasteiger partial charge in [-0.3, -0.25) is 4.98 Å². The van der Waals surface area contributed by atoms with Gasteiger partial charge in [0.25, 0.3) is 0 Å². The Hall–Kier alpha value is -1.88. The minimum atomic E-state index is -0.513. The number of halogens is 2. The van der Waals surface area contributed by atoms with E-state index >= 15 is 0 Å². The number of para-hydroxylation sites is 1. The molecule has 0 aliphatic heterocycles. The Bertz CT molecular complexity index is 498. The summed E-state index contributed by atoms with van der Waals surface area (Å²) >= 11 is 5.80. The van der Waals surface area contributed by atoms with Crippen molar-refractivity contribution in [2.45, 2.75) is 6.61 Å². The first kappa shape index (κ1) is 11.6. The lowest BCUT2D eigenvalue weighted by Gasteiger charge is -2.08. The van der Waals surface area contributed by atoms with Crippen LogP contribution in [0.25, 0.3) is 0 Å². The average molecular weight is 254 g/mol. The van der Waals surface area contributed by atoms with Crippen LogP contribution in [0.4, 0.5) is 10.2 Å². The third kappa shape index (κ3) is 2.82. The molecule has 0 spiro atoms. The Morgan fingerprint density at radius 3 is 2.76 bits per heavy atom. The van der Waals surface area contributed by atoms with Crippen LogP contribution >= 0.6 is 11.6 Å². The summed E-state index contributed by atoms with van der Waals surface area (Å²) in [4.78, 5) is 7.82. The lowest BCUT2D eigenvalue weighted by atomic mass is 10.3. The summed E-state index contributed by atoms with van der Waals surface area (Å²) in [6.07, 6.45) is 2.87. The van der Waals surface area contributed by atoms with Crippen LogP contribution in [0.3, 0.4) is 0 Å². The molecular weight excluding hydrogens is 245 g/mol. The molecule has 4 nitrogen and oxygen atoms in total. The van der Waals surface area contributed by atoms with Gasteiger partial charge in [0, 0.05) is 0 Å². The van der Waals surface area contributed by atoms with Crippen molar-refractivity contribution in [3.8, 4) is 5.75 Å². The highest BCUT2D eigenvalue weighted by atomic mass is 35.5. The molecule has 2 N–H and O–H groups in total. The van der Waals surface area contributed by atoms with Crippen LogP contribution < -0.4 is 10.5 Å². The third-order valence-electron chi connectivity index (χ3n) is 2.01. The normalized spacial score (nSPS) is 10.2. The van der Waals surface area contributed by atoms with Gasteiger partial charge in [-0.15, -0.1) is 0 Å². The average Bonchev–Trinajstić information content (AvgIpc) is 2.31. The molecule has 2 aromatic rings. The second-order valence-corrected chi connectivity index (χ2v) is 3.68. The van der Waals surface area contributed by atoms with Gasteiger partial charge in [-0.2, -0.15) is 0 Å². The number of hydrogen-bond acceptors (Lipinski definition) is 4. The van der Waals surface area contributed by atoms with E-state index in [0.717, 1.165) is 0 Å². The molecule has 2 rings (SSSR count). The number of anilines is 1. The minimum absolute atomic E-state index is 0.00721. The zero-order valence-corrected chi connectivity index (χ0v) is 9.49. The summed E-state index contributed by atoms with van der Waals surface area (Å²) in [6, 6.07) is 4.33. The lowest BCUT2D eigenvalue weighted by Crippen LogP contribution is -2.02. The molecule has 0 fully saturated rings. The van der Waals surface area contributed by atoms with E-state index in [0.29, 0.717) is 11.5 Å². The van der Waals surface area contributed by atoms with Crippen molar-refractivity contribution in [3.63, 3.8) is 0 Å². The molecule has 6 heteroatoms. The van der Waals surface area contributed by atoms with Crippen LogP contribution in [0.15, 0.2) is 30.6 Å². The summed E-state index contributed by atoms with van der Waals surface area (Å²) in [5, 5.41) is 0.216. The number of ether oxygens (including phenoxy) is 1. The molecule has 0 saturated heterocycles. The molecule has 1 aromatic heterocycles. The van der Waals surface area contributed by atoms with Crippen molar-refractivity contribution in [3.05, 3.63) is 47.1 Å². The van der Waals surface area contributed by atoms with Gasteiger partial charge in [0.2, 0.25) is 0 Å². The second-order valence-electron chi connectivity index (χ2n) is 3.27. The predicted octanol–water partition coefficient (Wildman–Crippen LogP) is 2.43. The van der Waals surface area contributed by atoms with Gasteiger partial charge in [0.05, 0.1) is 23.1 Å². The molecule has 0 aliphatic rings. The van der Waals surface area contributed by atoms with Crippen molar-refractivity contribution in [2.24, 2.45) is 0 Å². The molecule has 1 heterocycles. The number of nitrogen functional groups attached to an aromatic ring is 1. The van der Waals surface area contributed by atoms with E-state index in [1.165, 1.54) is 24.5 Å². The van der Waals surface area contributed by atoms with E-state index in [4.69, 9.17) is 22.1 Å². The zero-order chi connectivity index (χ0) is 12.3. The van der Waals surface area contributed by atoms with Crippen molar-refractivity contribution < 1.29 is 9.13 Å². The standard InChI is InChI=1S/C11H9ClFN3O/c12-8-2-1-3-9(13)11(8)17-6-7-4-16-10(14)5-15-7/h1-5H,6H2,(H2,14,16). The number of nitrogens with two attached hydrogens (primary N) is 1. The highest BCUT2D eigenvalue weighted by molar-refractivity contribution is 6.32. The van der Waals surface area contributed by atoms with Crippen LogP contribution in [0.5, 0.6) is 5.75 Å². The number of benzene rings is 1. The van der Waals surface area contributed by atoms with Gasteiger partial charge in [0.1, 0.15) is 12.4 Å². The molecule has 1 aromatic carbocycles. The van der Waals surface area contributed by atoms with Crippen LogP contribution in [0.1, 0.15) is 5.69 Å². The van der Waals surface area contributed by atoms with Gasteiger partial charge in [-0.25, -0.2) is 9.37 Å². The van der Waals surface area contributed by atoms with Crippen LogP contribution in [-0.2, 0) is 6.61 Å². The van der Waals surface area contributed by atoms with E-state index in [-0.39, 0.29) is 17.4 Å². The Morgan fingerprint density at radius 2 is 2.12 bits per heavy atom. The molecule has 0 atom stereocenters. The first-order valence-corrected chi connectivity index (χ1v) is 5.18. The predicted molar refractivity (Wildman–Crippen MR) is 62.2 cm³/mol.